The Morgan fingerprint density at radius 3 is 2.73 bits per heavy atom. The Morgan fingerprint density at radius 2 is 1.92 bits per heavy atom. The third-order valence-corrected chi connectivity index (χ3v) is 6.63. The zero-order chi connectivity index (χ0) is 17.5. The summed E-state index contributed by atoms with van der Waals surface area (Å²) in [6.07, 6.45) is 21.8. The zero-order valence-electron chi connectivity index (χ0n) is 15.9. The minimum absolute atomic E-state index is 0.633. The van der Waals surface area contributed by atoms with Crippen molar-refractivity contribution in [2.75, 3.05) is 0 Å². The van der Waals surface area contributed by atoms with Crippen LogP contribution in [-0.4, -0.2) is 4.57 Å². The van der Waals surface area contributed by atoms with Crippen molar-refractivity contribution in [3.8, 4) is 0 Å². The average molecular weight is 344 g/mol. The van der Waals surface area contributed by atoms with Gasteiger partial charge in [-0.05, 0) is 74.5 Å². The highest BCUT2D eigenvalue weighted by Gasteiger charge is 2.23. The van der Waals surface area contributed by atoms with Crippen LogP contribution in [0.15, 0.2) is 42.5 Å². The minimum atomic E-state index is 0.633. The largest absolute Gasteiger partial charge is 0.341 e. The maximum atomic E-state index is 2.72. The van der Waals surface area contributed by atoms with Gasteiger partial charge < -0.3 is 4.57 Å². The van der Waals surface area contributed by atoms with E-state index in [0.29, 0.717) is 6.04 Å². The number of allylic oxidation sites excluding steroid dienone is 5. The molecule has 0 bridgehead atoms. The SMILES string of the molecule is CC1CC=C(c2ccc3c4c(n(C5CC=CCC5)c3c2)CCC=C4)CC1. The van der Waals surface area contributed by atoms with E-state index in [1.54, 1.807) is 11.3 Å². The minimum Gasteiger partial charge on any atom is -0.341 e. The molecule has 2 atom stereocenters. The van der Waals surface area contributed by atoms with Crippen molar-refractivity contribution in [2.45, 2.75) is 64.3 Å². The quantitative estimate of drug-likeness (QED) is 0.513. The molecule has 1 heteroatoms. The molecule has 5 rings (SSSR count). The molecule has 0 N–H and O–H groups in total. The number of hydrogen-bond donors (Lipinski definition) is 0. The Morgan fingerprint density at radius 1 is 0.962 bits per heavy atom. The maximum Gasteiger partial charge on any atom is 0.0497 e. The molecule has 3 aliphatic carbocycles. The number of benzene rings is 1. The first kappa shape index (κ1) is 16.2. The Hall–Kier alpha value is -2.02. The Labute approximate surface area is 157 Å². The average Bonchev–Trinajstić information content (AvgIpc) is 3.03. The van der Waals surface area contributed by atoms with Crippen LogP contribution in [0.25, 0.3) is 22.6 Å². The van der Waals surface area contributed by atoms with Gasteiger partial charge in [0, 0.05) is 28.2 Å². The fourth-order valence-electron chi connectivity index (χ4n) is 5.11. The summed E-state index contributed by atoms with van der Waals surface area (Å²) in [4.78, 5) is 0. The maximum absolute atomic E-state index is 2.72. The summed E-state index contributed by atoms with van der Waals surface area (Å²) < 4.78 is 2.72. The van der Waals surface area contributed by atoms with Crippen LogP contribution in [0, 0.1) is 5.92 Å². The fourth-order valence-corrected chi connectivity index (χ4v) is 5.11. The molecule has 134 valence electrons. The van der Waals surface area contributed by atoms with E-state index in [9.17, 15) is 0 Å². The Balaban J connectivity index is 1.67. The van der Waals surface area contributed by atoms with Gasteiger partial charge in [0.15, 0.2) is 0 Å². The number of nitrogens with zero attached hydrogens (tertiary/aromatic N) is 1. The molecule has 0 radical (unpaired) electrons. The number of fused-ring (bicyclic) bond motifs is 3. The summed E-state index contributed by atoms with van der Waals surface area (Å²) >= 11 is 0. The summed E-state index contributed by atoms with van der Waals surface area (Å²) in [6, 6.07) is 7.90. The molecule has 26 heavy (non-hydrogen) atoms. The van der Waals surface area contributed by atoms with Gasteiger partial charge in [-0.3, -0.25) is 0 Å². The highest BCUT2D eigenvalue weighted by Crippen LogP contribution is 2.39. The Bertz CT molecular complexity index is 921. The second kappa shape index (κ2) is 6.61. The molecular weight excluding hydrogens is 314 g/mol. The van der Waals surface area contributed by atoms with Crippen molar-refractivity contribution >= 4 is 22.6 Å². The molecule has 0 saturated carbocycles. The van der Waals surface area contributed by atoms with Crippen LogP contribution in [-0.2, 0) is 6.42 Å². The van der Waals surface area contributed by atoms with Crippen molar-refractivity contribution in [3.63, 3.8) is 0 Å². The van der Waals surface area contributed by atoms with E-state index in [4.69, 9.17) is 0 Å². The summed E-state index contributed by atoms with van der Waals surface area (Å²) in [6.45, 7) is 2.37. The first-order valence-electron chi connectivity index (χ1n) is 10.5. The summed E-state index contributed by atoms with van der Waals surface area (Å²) in [7, 11) is 0. The fraction of sp³-hybridized carbons (Fsp3) is 0.440. The van der Waals surface area contributed by atoms with Gasteiger partial charge >= 0.3 is 0 Å². The number of aromatic nitrogens is 1. The monoisotopic (exact) mass is 343 g/mol. The van der Waals surface area contributed by atoms with Crippen LogP contribution in [0.1, 0.15) is 74.7 Å². The molecule has 1 aromatic heterocycles. The topological polar surface area (TPSA) is 4.93 Å². The van der Waals surface area contributed by atoms with Gasteiger partial charge in [0.1, 0.15) is 0 Å². The van der Waals surface area contributed by atoms with E-state index in [2.05, 4.69) is 60.1 Å². The third kappa shape index (κ3) is 2.69. The molecule has 0 aliphatic heterocycles. The summed E-state index contributed by atoms with van der Waals surface area (Å²) in [5, 5.41) is 1.46. The summed E-state index contributed by atoms with van der Waals surface area (Å²) in [5.74, 6) is 0.845. The van der Waals surface area contributed by atoms with Gasteiger partial charge in [0.25, 0.3) is 0 Å². The van der Waals surface area contributed by atoms with E-state index in [0.717, 1.165) is 5.92 Å². The highest BCUT2D eigenvalue weighted by molar-refractivity contribution is 5.94. The molecule has 2 aromatic rings. The predicted molar refractivity (Wildman–Crippen MR) is 112 cm³/mol. The second-order valence-corrected chi connectivity index (χ2v) is 8.45. The highest BCUT2D eigenvalue weighted by atomic mass is 15.0. The van der Waals surface area contributed by atoms with Gasteiger partial charge in [-0.25, -0.2) is 0 Å². The van der Waals surface area contributed by atoms with Crippen molar-refractivity contribution in [1.29, 1.82) is 0 Å². The molecule has 0 saturated heterocycles. The number of hydrogen-bond acceptors (Lipinski definition) is 0. The van der Waals surface area contributed by atoms with Gasteiger partial charge in [0.2, 0.25) is 0 Å². The predicted octanol–water partition coefficient (Wildman–Crippen LogP) is 7.09. The smallest absolute Gasteiger partial charge is 0.0497 e. The molecule has 0 fully saturated rings. The second-order valence-electron chi connectivity index (χ2n) is 8.45. The lowest BCUT2D eigenvalue weighted by molar-refractivity contribution is 0.460. The lowest BCUT2D eigenvalue weighted by atomic mass is 9.87. The first-order valence-corrected chi connectivity index (χ1v) is 10.5. The van der Waals surface area contributed by atoms with E-state index in [-0.39, 0.29) is 0 Å². The van der Waals surface area contributed by atoms with E-state index in [1.165, 1.54) is 73.4 Å². The molecule has 0 spiro atoms. The molecule has 0 amide bonds. The van der Waals surface area contributed by atoms with E-state index < -0.39 is 0 Å². The van der Waals surface area contributed by atoms with Crippen molar-refractivity contribution in [3.05, 3.63) is 59.3 Å². The first-order chi connectivity index (χ1) is 12.8. The van der Waals surface area contributed by atoms with Crippen LogP contribution < -0.4 is 0 Å². The molecule has 2 unspecified atom stereocenters. The van der Waals surface area contributed by atoms with E-state index in [1.807, 2.05) is 0 Å². The van der Waals surface area contributed by atoms with Crippen LogP contribution in [0.3, 0.4) is 0 Å². The van der Waals surface area contributed by atoms with Crippen LogP contribution >= 0.6 is 0 Å². The van der Waals surface area contributed by atoms with Crippen molar-refractivity contribution < 1.29 is 0 Å². The molecular formula is C25H29N. The van der Waals surface area contributed by atoms with Gasteiger partial charge in [-0.1, -0.05) is 49.4 Å². The molecule has 1 nitrogen and oxygen atoms in total. The zero-order valence-corrected chi connectivity index (χ0v) is 15.9. The van der Waals surface area contributed by atoms with Crippen LogP contribution in [0.4, 0.5) is 0 Å². The normalized spacial score (nSPS) is 25.3. The number of rotatable bonds is 2. The standard InChI is InChI=1S/C25H29N/c1-18-11-13-19(14-12-18)20-15-16-23-22-9-5-6-10-24(22)26(25(23)17-20)21-7-3-2-4-8-21/h2-3,5,9,13,15-18,21H,4,6-8,10-12,14H2,1H3. The summed E-state index contributed by atoms with van der Waals surface area (Å²) in [5.41, 5.74) is 7.55. The Kier molecular flexibility index (Phi) is 4.11. The lowest BCUT2D eigenvalue weighted by Crippen LogP contribution is -2.14. The van der Waals surface area contributed by atoms with Crippen molar-refractivity contribution in [2.24, 2.45) is 5.92 Å². The van der Waals surface area contributed by atoms with E-state index >= 15 is 0 Å². The third-order valence-electron chi connectivity index (χ3n) is 6.63. The van der Waals surface area contributed by atoms with Crippen molar-refractivity contribution in [1.82, 2.24) is 4.57 Å². The lowest BCUT2D eigenvalue weighted by Gasteiger charge is -2.25. The van der Waals surface area contributed by atoms with Crippen LogP contribution in [0.5, 0.6) is 0 Å². The molecule has 3 aliphatic rings. The molecule has 1 aromatic carbocycles. The van der Waals surface area contributed by atoms with Gasteiger partial charge in [-0.2, -0.15) is 0 Å². The molecule has 1 heterocycles. The van der Waals surface area contributed by atoms with Gasteiger partial charge in [-0.15, -0.1) is 0 Å². The van der Waals surface area contributed by atoms with Gasteiger partial charge in [0.05, 0.1) is 0 Å². The van der Waals surface area contributed by atoms with Crippen LogP contribution in [0.2, 0.25) is 0 Å².